The third-order valence-electron chi connectivity index (χ3n) is 2.75. The van der Waals surface area contributed by atoms with Crippen LogP contribution in [0.2, 0.25) is 0 Å². The highest BCUT2D eigenvalue weighted by Gasteiger charge is 2.15. The number of nitrogens with zero attached hydrogens (tertiary/aromatic N) is 1. The Labute approximate surface area is 107 Å². The van der Waals surface area contributed by atoms with E-state index in [1.807, 2.05) is 32.3 Å². The van der Waals surface area contributed by atoms with E-state index in [9.17, 15) is 4.79 Å². The second kappa shape index (κ2) is 5.69. The average Bonchev–Trinajstić information content (AvgIpc) is 2.50. The standard InChI is InChI=1S/C14H18N2O2/c1-16(2)8-7-15-11-9-13(17)12-5-3-4-6-14(12)18-10-11/h3-6,9,15H,7-8,10H2,1-2H3. The summed E-state index contributed by atoms with van der Waals surface area (Å²) in [5.74, 6) is 0.651. The van der Waals surface area contributed by atoms with Crippen LogP contribution in [0.4, 0.5) is 0 Å². The molecule has 1 heterocycles. The normalized spacial score (nSPS) is 14.6. The molecular formula is C14H18N2O2. The van der Waals surface area contributed by atoms with Crippen LogP contribution in [-0.2, 0) is 0 Å². The Balaban J connectivity index is 2.03. The zero-order valence-corrected chi connectivity index (χ0v) is 10.8. The number of hydrogen-bond donors (Lipinski definition) is 1. The first kappa shape index (κ1) is 12.6. The van der Waals surface area contributed by atoms with E-state index in [0.717, 1.165) is 18.8 Å². The lowest BCUT2D eigenvalue weighted by Crippen LogP contribution is -2.28. The molecule has 96 valence electrons. The molecule has 4 nitrogen and oxygen atoms in total. The van der Waals surface area contributed by atoms with Gasteiger partial charge in [-0.2, -0.15) is 0 Å². The number of fused-ring (bicyclic) bond motifs is 1. The van der Waals surface area contributed by atoms with Crippen LogP contribution in [0.3, 0.4) is 0 Å². The van der Waals surface area contributed by atoms with Gasteiger partial charge in [0.15, 0.2) is 5.78 Å². The molecule has 1 aromatic rings. The highest BCUT2D eigenvalue weighted by Crippen LogP contribution is 2.22. The zero-order chi connectivity index (χ0) is 13.0. The van der Waals surface area contributed by atoms with Crippen LogP contribution < -0.4 is 10.1 Å². The van der Waals surface area contributed by atoms with Gasteiger partial charge in [0.25, 0.3) is 0 Å². The number of ether oxygens (including phenoxy) is 1. The third kappa shape index (κ3) is 3.11. The van der Waals surface area contributed by atoms with Crippen LogP contribution in [0.25, 0.3) is 0 Å². The number of likely N-dealkylation sites (N-methyl/N-ethyl adjacent to an activating group) is 1. The molecule has 1 aromatic carbocycles. The molecule has 1 aliphatic heterocycles. The molecule has 18 heavy (non-hydrogen) atoms. The predicted molar refractivity (Wildman–Crippen MR) is 70.9 cm³/mol. The largest absolute Gasteiger partial charge is 0.487 e. The summed E-state index contributed by atoms with van der Waals surface area (Å²) >= 11 is 0. The van der Waals surface area contributed by atoms with Gasteiger partial charge < -0.3 is 15.0 Å². The number of carbonyl (C=O) groups excluding carboxylic acids is 1. The van der Waals surface area contributed by atoms with Gasteiger partial charge in [0.05, 0.1) is 11.3 Å². The summed E-state index contributed by atoms with van der Waals surface area (Å²) < 4.78 is 5.62. The van der Waals surface area contributed by atoms with Crippen molar-refractivity contribution in [3.05, 3.63) is 41.6 Å². The van der Waals surface area contributed by atoms with Crippen molar-refractivity contribution >= 4 is 5.78 Å². The Bertz CT molecular complexity index is 467. The lowest BCUT2D eigenvalue weighted by molar-refractivity contribution is 0.104. The maximum absolute atomic E-state index is 12.0. The average molecular weight is 246 g/mol. The molecule has 0 aromatic heterocycles. The quantitative estimate of drug-likeness (QED) is 0.869. The lowest BCUT2D eigenvalue weighted by Gasteiger charge is -2.13. The third-order valence-corrected chi connectivity index (χ3v) is 2.75. The monoisotopic (exact) mass is 246 g/mol. The van der Waals surface area contributed by atoms with E-state index in [1.54, 1.807) is 12.1 Å². The van der Waals surface area contributed by atoms with Crippen LogP contribution in [0, 0.1) is 0 Å². The maximum atomic E-state index is 12.0. The first-order chi connectivity index (χ1) is 8.66. The van der Waals surface area contributed by atoms with Crippen molar-refractivity contribution in [2.45, 2.75) is 0 Å². The minimum atomic E-state index is -0.00421. The molecule has 0 atom stereocenters. The first-order valence-electron chi connectivity index (χ1n) is 6.02. The summed E-state index contributed by atoms with van der Waals surface area (Å²) in [6.07, 6.45) is 1.63. The molecule has 0 bridgehead atoms. The number of rotatable bonds is 4. The molecule has 0 amide bonds. The van der Waals surface area contributed by atoms with Gasteiger partial charge in [0.1, 0.15) is 12.4 Å². The topological polar surface area (TPSA) is 41.6 Å². The van der Waals surface area contributed by atoms with E-state index in [4.69, 9.17) is 4.74 Å². The number of hydrogen-bond acceptors (Lipinski definition) is 4. The molecule has 0 unspecified atom stereocenters. The molecule has 0 aliphatic carbocycles. The van der Waals surface area contributed by atoms with Crippen molar-refractivity contribution in [1.82, 2.24) is 10.2 Å². The number of ketones is 1. The Hall–Kier alpha value is -1.81. The van der Waals surface area contributed by atoms with Gasteiger partial charge >= 0.3 is 0 Å². The summed E-state index contributed by atoms with van der Waals surface area (Å²) in [7, 11) is 4.03. The number of allylic oxidation sites excluding steroid dienone is 1. The van der Waals surface area contributed by atoms with Crippen molar-refractivity contribution in [2.75, 3.05) is 33.8 Å². The lowest BCUT2D eigenvalue weighted by atomic mass is 10.1. The van der Waals surface area contributed by atoms with Crippen LogP contribution in [-0.4, -0.2) is 44.5 Å². The minimum absolute atomic E-state index is 0.00421. The molecule has 0 spiro atoms. The van der Waals surface area contributed by atoms with Crippen molar-refractivity contribution in [3.63, 3.8) is 0 Å². The molecule has 1 aliphatic rings. The SMILES string of the molecule is CN(C)CCNC1=CC(=O)c2ccccc2OC1. The summed E-state index contributed by atoms with van der Waals surface area (Å²) in [6, 6.07) is 7.33. The van der Waals surface area contributed by atoms with Gasteiger partial charge in [-0.05, 0) is 26.2 Å². The second-order valence-electron chi connectivity index (χ2n) is 4.55. The fraction of sp³-hybridized carbons (Fsp3) is 0.357. The predicted octanol–water partition coefficient (Wildman–Crippen LogP) is 1.30. The van der Waals surface area contributed by atoms with E-state index in [2.05, 4.69) is 10.2 Å². The second-order valence-corrected chi connectivity index (χ2v) is 4.55. The van der Waals surface area contributed by atoms with E-state index in [-0.39, 0.29) is 5.78 Å². The van der Waals surface area contributed by atoms with Crippen molar-refractivity contribution in [3.8, 4) is 5.75 Å². The van der Waals surface area contributed by atoms with E-state index in [0.29, 0.717) is 17.9 Å². The van der Waals surface area contributed by atoms with Gasteiger partial charge in [-0.3, -0.25) is 4.79 Å². The van der Waals surface area contributed by atoms with Crippen LogP contribution in [0.5, 0.6) is 5.75 Å². The van der Waals surface area contributed by atoms with Crippen LogP contribution in [0.1, 0.15) is 10.4 Å². The number of nitrogens with one attached hydrogen (secondary N) is 1. The summed E-state index contributed by atoms with van der Waals surface area (Å²) in [5, 5.41) is 3.23. The molecule has 0 saturated carbocycles. The van der Waals surface area contributed by atoms with E-state index in [1.165, 1.54) is 0 Å². The molecule has 2 rings (SSSR count). The summed E-state index contributed by atoms with van der Waals surface area (Å²) in [6.45, 7) is 2.13. The van der Waals surface area contributed by atoms with Gasteiger partial charge in [-0.15, -0.1) is 0 Å². The van der Waals surface area contributed by atoms with Crippen molar-refractivity contribution in [2.24, 2.45) is 0 Å². The Kier molecular flexibility index (Phi) is 3.99. The van der Waals surface area contributed by atoms with Crippen molar-refractivity contribution in [1.29, 1.82) is 0 Å². The number of carbonyl (C=O) groups is 1. The Morgan fingerprint density at radius 2 is 2.11 bits per heavy atom. The van der Waals surface area contributed by atoms with Gasteiger partial charge in [-0.25, -0.2) is 0 Å². The Morgan fingerprint density at radius 1 is 1.33 bits per heavy atom. The highest BCUT2D eigenvalue weighted by molar-refractivity contribution is 6.07. The van der Waals surface area contributed by atoms with Crippen LogP contribution in [0.15, 0.2) is 36.0 Å². The molecule has 0 saturated heterocycles. The van der Waals surface area contributed by atoms with Gasteiger partial charge in [0, 0.05) is 19.2 Å². The zero-order valence-electron chi connectivity index (χ0n) is 10.8. The van der Waals surface area contributed by atoms with Gasteiger partial charge in [-0.1, -0.05) is 12.1 Å². The Morgan fingerprint density at radius 3 is 2.89 bits per heavy atom. The number of benzene rings is 1. The summed E-state index contributed by atoms with van der Waals surface area (Å²) in [5.41, 5.74) is 1.46. The fourth-order valence-electron chi connectivity index (χ4n) is 1.77. The molecule has 4 heteroatoms. The van der Waals surface area contributed by atoms with Crippen molar-refractivity contribution < 1.29 is 9.53 Å². The highest BCUT2D eigenvalue weighted by atomic mass is 16.5. The summed E-state index contributed by atoms with van der Waals surface area (Å²) in [4.78, 5) is 14.1. The number of para-hydroxylation sites is 1. The molecular weight excluding hydrogens is 228 g/mol. The van der Waals surface area contributed by atoms with E-state index < -0.39 is 0 Å². The molecule has 0 radical (unpaired) electrons. The van der Waals surface area contributed by atoms with E-state index >= 15 is 0 Å². The molecule has 0 fully saturated rings. The fourth-order valence-corrected chi connectivity index (χ4v) is 1.77. The molecule has 1 N–H and O–H groups in total. The smallest absolute Gasteiger partial charge is 0.191 e. The maximum Gasteiger partial charge on any atom is 0.191 e. The minimum Gasteiger partial charge on any atom is -0.487 e. The van der Waals surface area contributed by atoms with Gasteiger partial charge in [0.2, 0.25) is 0 Å². The first-order valence-corrected chi connectivity index (χ1v) is 6.02. The van der Waals surface area contributed by atoms with Crippen LogP contribution >= 0.6 is 0 Å².